The second kappa shape index (κ2) is 26.4. The molecule has 5 nitrogen and oxygen atoms in total. The maximum absolute atomic E-state index is 10.6. The fourth-order valence-electron chi connectivity index (χ4n) is 2.68. The minimum atomic E-state index is -0.655. The number of carbonyl (C=O) groups excluding carboxylic acids is 1. The van der Waals surface area contributed by atoms with Gasteiger partial charge in [-0.3, -0.25) is 9.68 Å². The fourth-order valence-corrected chi connectivity index (χ4v) is 2.68. The first kappa shape index (κ1) is 29.6. The van der Waals surface area contributed by atoms with E-state index in [9.17, 15) is 9.59 Å². The zero-order valence-corrected chi connectivity index (χ0v) is 19.0. The smallest absolute Gasteiger partial charge is 0.365 e. The number of carboxylic acids is 1. The highest BCUT2D eigenvalue weighted by molar-refractivity contribution is 5.81. The molecule has 0 amide bonds. The lowest BCUT2D eigenvalue weighted by atomic mass is 10.0. The van der Waals surface area contributed by atoms with Crippen LogP contribution < -0.4 is 0 Å². The van der Waals surface area contributed by atoms with Crippen LogP contribution in [0.1, 0.15) is 111 Å². The number of carbonyl (C=O) groups is 2. The van der Waals surface area contributed by atoms with Crippen LogP contribution in [-0.2, 0) is 19.4 Å². The molecule has 0 bridgehead atoms. The van der Waals surface area contributed by atoms with Gasteiger partial charge in [-0.1, -0.05) is 102 Å². The molecular weight excluding hydrogens is 368 g/mol. The Bertz CT molecular complexity index is 415. The molecule has 0 atom stereocenters. The number of hydrogen-bond acceptors (Lipinski definition) is 4. The molecule has 0 fully saturated rings. The lowest BCUT2D eigenvalue weighted by Crippen LogP contribution is -2.00. The third-order valence-corrected chi connectivity index (χ3v) is 4.29. The molecule has 0 aromatic heterocycles. The van der Waals surface area contributed by atoms with Crippen molar-refractivity contribution >= 4 is 11.9 Å². The lowest BCUT2D eigenvalue weighted by molar-refractivity contribution is -0.264. The molecule has 0 aromatic rings. The monoisotopic (exact) mass is 412 g/mol. The standard InChI is InChI=1S/C16H32O2.C8H12O3/c1-2-3-4-5-6-7-8-9-10-11-12-13-14-15-16(17)18;1-3-5-6-7-8(9)11-10-4-2/h2-15H2,1H3,(H,17,18);3,5-7H,4H2,1-2H3/b;5-3+,7-6+. The maximum Gasteiger partial charge on any atom is 0.365 e. The Labute approximate surface area is 178 Å². The van der Waals surface area contributed by atoms with Gasteiger partial charge in [0.2, 0.25) is 0 Å². The summed E-state index contributed by atoms with van der Waals surface area (Å²) < 4.78 is 0. The van der Waals surface area contributed by atoms with Crippen molar-refractivity contribution in [3.05, 3.63) is 24.3 Å². The van der Waals surface area contributed by atoms with Gasteiger partial charge in [0, 0.05) is 12.5 Å². The summed E-state index contributed by atoms with van der Waals surface area (Å²) in [6.45, 7) is 6.22. The van der Waals surface area contributed by atoms with Crippen LogP contribution in [0.25, 0.3) is 0 Å². The summed E-state index contributed by atoms with van der Waals surface area (Å²) in [5.41, 5.74) is 0. The molecule has 170 valence electrons. The number of aliphatic carboxylic acids is 1. The summed E-state index contributed by atoms with van der Waals surface area (Å²) in [5, 5.41) is 8.49. The normalized spacial score (nSPS) is 10.9. The quantitative estimate of drug-likeness (QED) is 0.0849. The minimum Gasteiger partial charge on any atom is -0.481 e. The van der Waals surface area contributed by atoms with E-state index in [1.54, 1.807) is 19.1 Å². The number of carboxylic acid groups (broad SMARTS) is 1. The van der Waals surface area contributed by atoms with E-state index in [4.69, 9.17) is 5.11 Å². The minimum absolute atomic E-state index is 0.345. The third kappa shape index (κ3) is 31.3. The number of rotatable bonds is 18. The molecule has 0 saturated heterocycles. The SMILES string of the molecule is C/C=C/C=C/C(=O)OOCC.CCCCCCCCCCCCCCCC(=O)O. The first-order valence-corrected chi connectivity index (χ1v) is 11.4. The van der Waals surface area contributed by atoms with E-state index < -0.39 is 11.9 Å². The Morgan fingerprint density at radius 2 is 1.24 bits per heavy atom. The summed E-state index contributed by atoms with van der Waals surface area (Å²) in [6.07, 6.45) is 23.7. The molecule has 5 heteroatoms. The van der Waals surface area contributed by atoms with Crippen molar-refractivity contribution in [2.45, 2.75) is 111 Å². The van der Waals surface area contributed by atoms with Gasteiger partial charge in [-0.25, -0.2) is 4.79 Å². The molecule has 1 N–H and O–H groups in total. The van der Waals surface area contributed by atoms with E-state index in [1.807, 2.05) is 13.0 Å². The van der Waals surface area contributed by atoms with Crippen LogP contribution in [0.5, 0.6) is 0 Å². The van der Waals surface area contributed by atoms with Crippen molar-refractivity contribution in [3.63, 3.8) is 0 Å². The summed E-state index contributed by atoms with van der Waals surface area (Å²) in [6, 6.07) is 0. The molecule has 29 heavy (non-hydrogen) atoms. The van der Waals surface area contributed by atoms with Crippen molar-refractivity contribution < 1.29 is 24.5 Å². The summed E-state index contributed by atoms with van der Waals surface area (Å²) in [4.78, 5) is 29.6. The molecule has 0 radical (unpaired) electrons. The van der Waals surface area contributed by atoms with Crippen LogP contribution in [0.2, 0.25) is 0 Å². The van der Waals surface area contributed by atoms with E-state index in [1.165, 1.54) is 76.7 Å². The first-order chi connectivity index (χ1) is 14.1. The van der Waals surface area contributed by atoms with E-state index in [0.29, 0.717) is 13.0 Å². The predicted molar refractivity (Wildman–Crippen MR) is 120 cm³/mol. The zero-order valence-electron chi connectivity index (χ0n) is 19.0. The topological polar surface area (TPSA) is 72.8 Å². The lowest BCUT2D eigenvalue weighted by Gasteiger charge is -2.02. The van der Waals surface area contributed by atoms with Crippen LogP contribution in [-0.4, -0.2) is 23.7 Å². The van der Waals surface area contributed by atoms with Gasteiger partial charge in [0.15, 0.2) is 0 Å². The molecular formula is C24H44O5. The van der Waals surface area contributed by atoms with Crippen molar-refractivity contribution in [1.29, 1.82) is 0 Å². The van der Waals surface area contributed by atoms with E-state index in [0.717, 1.165) is 12.8 Å². The highest BCUT2D eigenvalue weighted by Crippen LogP contribution is 2.12. The molecule has 0 aliphatic heterocycles. The number of hydrogen-bond donors (Lipinski definition) is 1. The first-order valence-electron chi connectivity index (χ1n) is 11.4. The van der Waals surface area contributed by atoms with Crippen LogP contribution in [0.15, 0.2) is 24.3 Å². The van der Waals surface area contributed by atoms with E-state index in [2.05, 4.69) is 16.7 Å². The second-order valence-corrected chi connectivity index (χ2v) is 7.08. The molecule has 0 aliphatic carbocycles. The van der Waals surface area contributed by atoms with Crippen molar-refractivity contribution in [3.8, 4) is 0 Å². The van der Waals surface area contributed by atoms with Gasteiger partial charge in [0.1, 0.15) is 0 Å². The summed E-state index contributed by atoms with van der Waals surface area (Å²) in [7, 11) is 0. The fraction of sp³-hybridized carbons (Fsp3) is 0.750. The molecule has 0 spiro atoms. The average Bonchev–Trinajstić information content (AvgIpc) is 2.70. The Morgan fingerprint density at radius 3 is 1.66 bits per heavy atom. The van der Waals surface area contributed by atoms with E-state index in [-0.39, 0.29) is 0 Å². The summed E-state index contributed by atoms with van der Waals surface area (Å²) in [5.74, 6) is -1.15. The Kier molecular flexibility index (Phi) is 26.9. The molecule has 0 aliphatic rings. The van der Waals surface area contributed by atoms with Crippen LogP contribution in [0.3, 0.4) is 0 Å². The average molecular weight is 413 g/mol. The van der Waals surface area contributed by atoms with Gasteiger partial charge < -0.3 is 5.11 Å². The van der Waals surface area contributed by atoms with Gasteiger partial charge in [-0.2, -0.15) is 4.89 Å². The van der Waals surface area contributed by atoms with Gasteiger partial charge in [0.25, 0.3) is 0 Å². The van der Waals surface area contributed by atoms with E-state index >= 15 is 0 Å². The second-order valence-electron chi connectivity index (χ2n) is 7.08. The Hall–Kier alpha value is -1.62. The van der Waals surface area contributed by atoms with Crippen LogP contribution in [0.4, 0.5) is 0 Å². The van der Waals surface area contributed by atoms with Crippen LogP contribution >= 0.6 is 0 Å². The zero-order chi connectivity index (χ0) is 22.0. The largest absolute Gasteiger partial charge is 0.481 e. The number of unbranched alkanes of at least 4 members (excludes halogenated alkanes) is 12. The Balaban J connectivity index is 0. The highest BCUT2D eigenvalue weighted by Gasteiger charge is 1.97. The van der Waals surface area contributed by atoms with Gasteiger partial charge in [0.05, 0.1) is 6.61 Å². The molecule has 0 saturated carbocycles. The number of allylic oxidation sites excluding steroid dienone is 3. The predicted octanol–water partition coefficient (Wildman–Crippen LogP) is 7.17. The maximum atomic E-state index is 10.6. The molecule has 0 rings (SSSR count). The highest BCUT2D eigenvalue weighted by atomic mass is 17.2. The molecule has 0 aromatic carbocycles. The third-order valence-electron chi connectivity index (χ3n) is 4.29. The van der Waals surface area contributed by atoms with Crippen molar-refractivity contribution in [2.75, 3.05) is 6.61 Å². The van der Waals surface area contributed by atoms with Crippen molar-refractivity contribution in [2.24, 2.45) is 0 Å². The van der Waals surface area contributed by atoms with Crippen molar-refractivity contribution in [1.82, 2.24) is 0 Å². The Morgan fingerprint density at radius 1 is 0.759 bits per heavy atom. The van der Waals surface area contributed by atoms with Crippen LogP contribution in [0, 0.1) is 0 Å². The summed E-state index contributed by atoms with van der Waals surface area (Å²) >= 11 is 0. The molecule has 0 heterocycles. The molecule has 0 unspecified atom stereocenters. The van der Waals surface area contributed by atoms with Gasteiger partial charge in [-0.05, 0) is 20.3 Å². The van der Waals surface area contributed by atoms with Gasteiger partial charge in [-0.15, -0.1) is 0 Å². The van der Waals surface area contributed by atoms with Gasteiger partial charge >= 0.3 is 11.9 Å².